The fourth-order valence-electron chi connectivity index (χ4n) is 4.94. The van der Waals surface area contributed by atoms with Gasteiger partial charge in [-0.25, -0.2) is 9.97 Å². The summed E-state index contributed by atoms with van der Waals surface area (Å²) in [6.45, 7) is 18.3. The summed E-state index contributed by atoms with van der Waals surface area (Å²) in [5.41, 5.74) is 10.9. The molecule has 5 aromatic rings. The molecule has 226 valence electrons. The molecule has 0 radical (unpaired) electrons. The van der Waals surface area contributed by atoms with E-state index in [4.69, 9.17) is 9.97 Å². The van der Waals surface area contributed by atoms with Gasteiger partial charge in [0.25, 0.3) is 0 Å². The molecule has 4 aromatic heterocycles. The highest BCUT2D eigenvalue weighted by Crippen LogP contribution is 2.35. The molecule has 0 aliphatic heterocycles. The van der Waals surface area contributed by atoms with Crippen molar-refractivity contribution in [2.45, 2.75) is 34.6 Å². The number of H-pyrrole nitrogens is 2. The van der Waals surface area contributed by atoms with Gasteiger partial charge in [0.05, 0.1) is 16.9 Å². The maximum atomic E-state index is 5.07. The van der Waals surface area contributed by atoms with Crippen molar-refractivity contribution in [2.75, 3.05) is 0 Å². The summed E-state index contributed by atoms with van der Waals surface area (Å²) < 4.78 is 0. The van der Waals surface area contributed by atoms with Crippen molar-refractivity contribution in [1.82, 2.24) is 30.5 Å². The van der Waals surface area contributed by atoms with Crippen LogP contribution in [0.15, 0.2) is 116 Å². The largest absolute Gasteiger partial charge is 0.355 e. The first-order chi connectivity index (χ1) is 21.9. The van der Waals surface area contributed by atoms with Crippen LogP contribution in [-0.2, 0) is 0 Å². The number of allylic oxidation sites excluding steroid dienone is 9. The molecule has 6 nitrogen and oxygen atoms in total. The lowest BCUT2D eigenvalue weighted by Gasteiger charge is -2.13. The highest BCUT2D eigenvalue weighted by molar-refractivity contribution is 7.14. The number of imidazole rings is 1. The van der Waals surface area contributed by atoms with Crippen LogP contribution in [0.25, 0.3) is 45.0 Å². The molecule has 5 rings (SSSR count). The van der Waals surface area contributed by atoms with Crippen molar-refractivity contribution in [3.05, 3.63) is 148 Å². The van der Waals surface area contributed by atoms with Crippen LogP contribution in [0.3, 0.4) is 0 Å². The van der Waals surface area contributed by atoms with Crippen LogP contribution in [0, 0.1) is 6.92 Å². The van der Waals surface area contributed by atoms with Crippen LogP contribution in [0.4, 0.5) is 0 Å². The molecule has 0 bridgehead atoms. The van der Waals surface area contributed by atoms with Crippen molar-refractivity contribution in [2.24, 2.45) is 0 Å². The average Bonchev–Trinajstić information content (AvgIpc) is 3.81. The third-order valence-corrected chi connectivity index (χ3v) is 8.59. The quantitative estimate of drug-likeness (QED) is 0.130. The minimum atomic E-state index is 0.660. The van der Waals surface area contributed by atoms with E-state index in [-0.39, 0.29) is 0 Å². The van der Waals surface area contributed by atoms with E-state index < -0.39 is 0 Å². The van der Waals surface area contributed by atoms with E-state index in [9.17, 15) is 0 Å². The van der Waals surface area contributed by atoms with E-state index in [0.717, 1.165) is 71.5 Å². The molecule has 0 aliphatic rings. The second kappa shape index (κ2) is 14.0. The second-order valence-electron chi connectivity index (χ2n) is 10.5. The maximum Gasteiger partial charge on any atom is 0.161 e. The highest BCUT2D eigenvalue weighted by Gasteiger charge is 2.20. The fraction of sp³-hybridized carbons (Fsp3) is 0.132. The molecule has 0 fully saturated rings. The van der Waals surface area contributed by atoms with Crippen molar-refractivity contribution in [1.29, 1.82) is 0 Å². The molecule has 45 heavy (non-hydrogen) atoms. The number of rotatable bonds is 11. The monoisotopic (exact) mass is 610 g/mol. The van der Waals surface area contributed by atoms with E-state index in [1.165, 1.54) is 0 Å². The molecule has 1 aromatic carbocycles. The molecule has 0 atom stereocenters. The maximum absolute atomic E-state index is 5.07. The Balaban J connectivity index is 1.51. The number of nitrogens with zero attached hydrogens (tertiary/aromatic N) is 3. The molecule has 3 N–H and O–H groups in total. The molecule has 0 saturated heterocycles. The van der Waals surface area contributed by atoms with Gasteiger partial charge in [-0.2, -0.15) is 5.10 Å². The number of pyridine rings is 1. The Morgan fingerprint density at radius 3 is 2.40 bits per heavy atom. The lowest BCUT2D eigenvalue weighted by Crippen LogP contribution is -2.10. The van der Waals surface area contributed by atoms with Crippen LogP contribution in [0.2, 0.25) is 0 Å². The van der Waals surface area contributed by atoms with Gasteiger partial charge in [0.15, 0.2) is 11.5 Å². The first kappa shape index (κ1) is 31.2. The molecule has 0 unspecified atom stereocenters. The Labute approximate surface area is 269 Å². The third-order valence-electron chi connectivity index (χ3n) is 7.31. The summed E-state index contributed by atoms with van der Waals surface area (Å²) in [6, 6.07) is 18.5. The summed E-state index contributed by atoms with van der Waals surface area (Å²) in [5, 5.41) is 11.3. The van der Waals surface area contributed by atoms with Gasteiger partial charge in [0, 0.05) is 32.4 Å². The highest BCUT2D eigenvalue weighted by atomic mass is 32.1. The fourth-order valence-corrected chi connectivity index (χ4v) is 5.90. The van der Waals surface area contributed by atoms with E-state index in [1.54, 1.807) is 11.3 Å². The number of hydrogen-bond acceptors (Lipinski definition) is 5. The van der Waals surface area contributed by atoms with Gasteiger partial charge >= 0.3 is 0 Å². The van der Waals surface area contributed by atoms with Crippen LogP contribution in [-0.4, -0.2) is 25.1 Å². The van der Waals surface area contributed by atoms with E-state index in [0.29, 0.717) is 11.5 Å². The van der Waals surface area contributed by atoms with Crippen LogP contribution < -0.4 is 5.32 Å². The SMILES string of the molecule is C=C/C(=C\C(=C/C)c1ccc2[nH]nc(-c3nc(/C(=C\C=C/C)c4ccc(C(=C)C)s4)c(C)[nH]3)c2n1)N/C(=C\C)c1ccccc1. The number of benzene rings is 1. The average molecular weight is 611 g/mol. The van der Waals surface area contributed by atoms with Gasteiger partial charge in [0.1, 0.15) is 5.52 Å². The number of aromatic nitrogens is 5. The zero-order chi connectivity index (χ0) is 31.9. The Kier molecular flexibility index (Phi) is 9.70. The summed E-state index contributed by atoms with van der Waals surface area (Å²) in [7, 11) is 0. The number of aromatic amines is 2. The molecular formula is C38H38N6S. The number of hydrogen-bond donors (Lipinski definition) is 3. The Hall–Kier alpha value is -5.27. The zero-order valence-corrected chi connectivity index (χ0v) is 27.2. The van der Waals surface area contributed by atoms with Crippen molar-refractivity contribution in [3.63, 3.8) is 0 Å². The van der Waals surface area contributed by atoms with Gasteiger partial charge in [-0.15, -0.1) is 11.3 Å². The smallest absolute Gasteiger partial charge is 0.161 e. The van der Waals surface area contributed by atoms with E-state index in [2.05, 4.69) is 76.1 Å². The first-order valence-corrected chi connectivity index (χ1v) is 15.7. The summed E-state index contributed by atoms with van der Waals surface area (Å²) in [4.78, 5) is 15.9. The van der Waals surface area contributed by atoms with Crippen molar-refractivity contribution in [3.8, 4) is 11.5 Å². The van der Waals surface area contributed by atoms with Crippen molar-refractivity contribution < 1.29 is 0 Å². The minimum absolute atomic E-state index is 0.660. The molecule has 0 saturated carbocycles. The van der Waals surface area contributed by atoms with Gasteiger partial charge in [-0.1, -0.05) is 73.9 Å². The molecule has 0 spiro atoms. The van der Waals surface area contributed by atoms with Gasteiger partial charge in [-0.05, 0) is 87.7 Å². The molecule has 0 aliphatic carbocycles. The van der Waals surface area contributed by atoms with Gasteiger partial charge in [0.2, 0.25) is 0 Å². The summed E-state index contributed by atoms with van der Waals surface area (Å²) >= 11 is 1.71. The first-order valence-electron chi connectivity index (χ1n) is 14.9. The topological polar surface area (TPSA) is 82.3 Å². The Morgan fingerprint density at radius 1 is 0.956 bits per heavy atom. The number of nitrogens with one attached hydrogen (secondary N) is 3. The number of thiophene rings is 1. The lowest BCUT2D eigenvalue weighted by molar-refractivity contribution is 1.10. The molecule has 0 amide bonds. The number of aryl methyl sites for hydroxylation is 1. The zero-order valence-electron chi connectivity index (χ0n) is 26.4. The second-order valence-corrected chi connectivity index (χ2v) is 11.6. The molecule has 7 heteroatoms. The third kappa shape index (κ3) is 6.79. The normalized spacial score (nSPS) is 13.2. The Bertz CT molecular complexity index is 2010. The summed E-state index contributed by atoms with van der Waals surface area (Å²) in [6.07, 6.45) is 14.1. The van der Waals surface area contributed by atoms with Crippen LogP contribution in [0.1, 0.15) is 60.1 Å². The van der Waals surface area contributed by atoms with Crippen LogP contribution in [0.5, 0.6) is 0 Å². The molecule has 4 heterocycles. The van der Waals surface area contributed by atoms with Gasteiger partial charge in [-0.3, -0.25) is 5.10 Å². The number of fused-ring (bicyclic) bond motifs is 1. The predicted molar refractivity (Wildman–Crippen MR) is 192 cm³/mol. The minimum Gasteiger partial charge on any atom is -0.355 e. The Morgan fingerprint density at radius 2 is 1.73 bits per heavy atom. The van der Waals surface area contributed by atoms with Gasteiger partial charge < -0.3 is 10.3 Å². The van der Waals surface area contributed by atoms with E-state index in [1.807, 2.05) is 89.3 Å². The van der Waals surface area contributed by atoms with Crippen molar-refractivity contribution >= 4 is 44.8 Å². The summed E-state index contributed by atoms with van der Waals surface area (Å²) in [5.74, 6) is 0.660. The van der Waals surface area contributed by atoms with E-state index >= 15 is 0 Å². The standard InChI is InChI=1S/C38H38N6S/c1-8-12-18-29(34-22-21-33(45-34)24(5)6)35-25(7)39-38(42-35)37-36-32(43-44-37)20-19-31(41-36)26(9-2)23-28(10-3)40-30(11-4)27-16-14-13-15-17-27/h8-23,40H,3,5H2,1-2,4,6-7H3,(H,39,42)(H,43,44)/b12-8-,26-9+,28-23+,29-18-,30-11-. The predicted octanol–water partition coefficient (Wildman–Crippen LogP) is 9.88. The van der Waals surface area contributed by atoms with Crippen LogP contribution >= 0.6 is 11.3 Å². The molecular weight excluding hydrogens is 573 g/mol. The lowest BCUT2D eigenvalue weighted by atomic mass is 10.1.